The lowest BCUT2D eigenvalue weighted by atomic mass is 10.1. The predicted octanol–water partition coefficient (Wildman–Crippen LogP) is 4.32. The molecule has 0 amide bonds. The normalized spacial score (nSPS) is 10.1. The van der Waals surface area contributed by atoms with Crippen LogP contribution in [-0.4, -0.2) is 10.9 Å². The van der Waals surface area contributed by atoms with Gasteiger partial charge in [0.05, 0.1) is 0 Å². The molecule has 0 bridgehead atoms. The second-order valence-corrected chi connectivity index (χ2v) is 3.94. The van der Waals surface area contributed by atoms with E-state index in [0.717, 1.165) is 5.39 Å². The molecule has 6 heteroatoms. The van der Waals surface area contributed by atoms with E-state index in [4.69, 9.17) is 32.7 Å². The minimum absolute atomic E-state index is 0.303. The third-order valence-corrected chi connectivity index (χ3v) is 2.35. The monoisotopic (exact) mass is 284 g/mol. The van der Waals surface area contributed by atoms with Crippen LogP contribution in [0.3, 0.4) is 0 Å². The van der Waals surface area contributed by atoms with Crippen molar-refractivity contribution >= 4 is 44.8 Å². The van der Waals surface area contributed by atoms with Gasteiger partial charge in [0.15, 0.2) is 0 Å². The van der Waals surface area contributed by atoms with E-state index in [1.165, 1.54) is 6.07 Å². The Morgan fingerprint density at radius 3 is 2.33 bits per heavy atom. The number of rotatable bonds is 2. The summed E-state index contributed by atoms with van der Waals surface area (Å²) in [5, 5.41) is 1.39. The van der Waals surface area contributed by atoms with Crippen molar-refractivity contribution in [3.05, 3.63) is 36.4 Å². The summed E-state index contributed by atoms with van der Waals surface area (Å²) in [6, 6.07) is 9.83. The quantitative estimate of drug-likeness (QED) is 0.771. The predicted molar refractivity (Wildman–Crippen MR) is 67.7 cm³/mol. The lowest BCUT2D eigenvalue weighted by Gasteiger charge is -2.06. The number of hydrogen-bond acceptors (Lipinski definition) is 4. The van der Waals surface area contributed by atoms with Crippen molar-refractivity contribution < 1.29 is 19.1 Å². The molecule has 0 aromatic heterocycles. The number of halogens is 2. The van der Waals surface area contributed by atoms with E-state index >= 15 is 0 Å². The highest BCUT2D eigenvalue weighted by Crippen LogP contribution is 2.29. The van der Waals surface area contributed by atoms with Gasteiger partial charge in [-0.3, -0.25) is 0 Å². The molecule has 0 heterocycles. The molecule has 0 aliphatic rings. The first-order chi connectivity index (χ1) is 8.56. The van der Waals surface area contributed by atoms with Crippen molar-refractivity contribution in [2.45, 2.75) is 0 Å². The molecule has 92 valence electrons. The maximum absolute atomic E-state index is 10.7. The number of benzene rings is 2. The van der Waals surface area contributed by atoms with Gasteiger partial charge in [0.25, 0.3) is 0 Å². The number of ether oxygens (including phenoxy) is 2. The van der Waals surface area contributed by atoms with Crippen LogP contribution in [0.5, 0.6) is 11.5 Å². The minimum Gasteiger partial charge on any atom is -0.414 e. The van der Waals surface area contributed by atoms with E-state index in [0.29, 0.717) is 16.9 Å². The molecule has 18 heavy (non-hydrogen) atoms. The molecular formula is C12H6Cl2O4. The topological polar surface area (TPSA) is 52.6 Å². The lowest BCUT2D eigenvalue weighted by molar-refractivity contribution is 0.225. The first-order valence-electron chi connectivity index (χ1n) is 4.83. The Hall–Kier alpha value is -1.78. The fourth-order valence-electron chi connectivity index (χ4n) is 1.56. The van der Waals surface area contributed by atoms with Crippen LogP contribution in [0.2, 0.25) is 0 Å². The molecule has 2 aromatic rings. The van der Waals surface area contributed by atoms with Gasteiger partial charge in [-0.05, 0) is 29.7 Å². The van der Waals surface area contributed by atoms with Crippen LogP contribution in [0, 0.1) is 0 Å². The van der Waals surface area contributed by atoms with Gasteiger partial charge in [-0.15, -0.1) is 0 Å². The molecule has 0 aliphatic heterocycles. The van der Waals surface area contributed by atoms with Gasteiger partial charge >= 0.3 is 10.9 Å². The van der Waals surface area contributed by atoms with Crippen LogP contribution < -0.4 is 9.47 Å². The van der Waals surface area contributed by atoms with Gasteiger partial charge < -0.3 is 9.47 Å². The highest BCUT2D eigenvalue weighted by atomic mass is 35.5. The molecule has 0 atom stereocenters. The second kappa shape index (κ2) is 5.25. The maximum Gasteiger partial charge on any atom is 0.409 e. The van der Waals surface area contributed by atoms with E-state index in [2.05, 4.69) is 0 Å². The van der Waals surface area contributed by atoms with Crippen molar-refractivity contribution in [3.8, 4) is 11.5 Å². The molecule has 0 spiro atoms. The molecule has 0 aliphatic carbocycles. The molecule has 0 saturated heterocycles. The van der Waals surface area contributed by atoms with Crippen LogP contribution in [0.1, 0.15) is 0 Å². The molecule has 0 N–H and O–H groups in total. The number of fused-ring (bicyclic) bond motifs is 1. The Balaban J connectivity index is 2.46. The molecule has 0 unspecified atom stereocenters. The van der Waals surface area contributed by atoms with Crippen molar-refractivity contribution in [1.82, 2.24) is 0 Å². The van der Waals surface area contributed by atoms with Gasteiger partial charge in [0.1, 0.15) is 11.5 Å². The summed E-state index contributed by atoms with van der Waals surface area (Å²) in [7, 11) is 0. The molecule has 0 fully saturated rings. The molecule has 4 nitrogen and oxygen atoms in total. The zero-order chi connectivity index (χ0) is 13.1. The Morgan fingerprint density at radius 2 is 1.67 bits per heavy atom. The largest absolute Gasteiger partial charge is 0.414 e. The third kappa shape index (κ3) is 2.91. The number of carbonyl (C=O) groups is 2. The Bertz CT molecular complexity index is 625. The fourth-order valence-corrected chi connectivity index (χ4v) is 1.74. The third-order valence-electron chi connectivity index (χ3n) is 2.20. The summed E-state index contributed by atoms with van der Waals surface area (Å²) in [6.07, 6.45) is 0. The van der Waals surface area contributed by atoms with E-state index in [-0.39, 0.29) is 0 Å². The van der Waals surface area contributed by atoms with Crippen molar-refractivity contribution in [3.63, 3.8) is 0 Å². The van der Waals surface area contributed by atoms with E-state index in [1.54, 1.807) is 30.3 Å². The summed E-state index contributed by atoms with van der Waals surface area (Å²) in [5.41, 5.74) is -1.84. The van der Waals surface area contributed by atoms with Gasteiger partial charge in [0, 0.05) is 28.6 Å². The van der Waals surface area contributed by atoms with Crippen molar-refractivity contribution in [2.75, 3.05) is 0 Å². The molecule has 2 rings (SSSR count). The molecule has 2 aromatic carbocycles. The maximum atomic E-state index is 10.7. The Morgan fingerprint density at radius 1 is 0.944 bits per heavy atom. The van der Waals surface area contributed by atoms with Crippen molar-refractivity contribution in [1.29, 1.82) is 0 Å². The van der Waals surface area contributed by atoms with Gasteiger partial charge in [0.2, 0.25) is 0 Å². The fraction of sp³-hybridized carbons (Fsp3) is 0. The van der Waals surface area contributed by atoms with Crippen LogP contribution in [-0.2, 0) is 0 Å². The van der Waals surface area contributed by atoms with Gasteiger partial charge in [-0.25, -0.2) is 9.59 Å². The summed E-state index contributed by atoms with van der Waals surface area (Å²) in [6.45, 7) is 0. The number of carbonyl (C=O) groups excluding carboxylic acids is 2. The summed E-state index contributed by atoms with van der Waals surface area (Å²) in [5.74, 6) is 0.633. The molecular weight excluding hydrogens is 279 g/mol. The number of hydrogen-bond donors (Lipinski definition) is 0. The minimum atomic E-state index is -0.919. The van der Waals surface area contributed by atoms with Crippen LogP contribution >= 0.6 is 23.2 Å². The summed E-state index contributed by atoms with van der Waals surface area (Å²) in [4.78, 5) is 21.3. The van der Waals surface area contributed by atoms with Gasteiger partial charge in [-0.2, -0.15) is 0 Å². The summed E-state index contributed by atoms with van der Waals surface area (Å²) >= 11 is 10.3. The average Bonchev–Trinajstić information content (AvgIpc) is 2.27. The standard InChI is InChI=1S/C12H6Cl2O4/c13-11(15)17-8-4-5-9-7(6-8)2-1-3-10(9)18-12(14)16/h1-6H. The van der Waals surface area contributed by atoms with Crippen LogP contribution in [0.4, 0.5) is 9.59 Å². The van der Waals surface area contributed by atoms with E-state index in [9.17, 15) is 9.59 Å². The smallest absolute Gasteiger partial charge is 0.409 e. The second-order valence-electron chi connectivity index (χ2n) is 3.32. The molecule has 0 saturated carbocycles. The first kappa shape index (κ1) is 12.7. The summed E-state index contributed by atoms with van der Waals surface area (Å²) < 4.78 is 9.58. The highest BCUT2D eigenvalue weighted by Gasteiger charge is 2.07. The van der Waals surface area contributed by atoms with Crippen molar-refractivity contribution in [2.24, 2.45) is 0 Å². The van der Waals surface area contributed by atoms with Gasteiger partial charge in [-0.1, -0.05) is 12.1 Å². The SMILES string of the molecule is O=C(Cl)Oc1ccc2c(OC(=O)Cl)cccc2c1. The zero-order valence-corrected chi connectivity index (χ0v) is 10.4. The first-order valence-corrected chi connectivity index (χ1v) is 5.59. The van der Waals surface area contributed by atoms with Crippen LogP contribution in [0.15, 0.2) is 36.4 Å². The lowest BCUT2D eigenvalue weighted by Crippen LogP contribution is -1.98. The zero-order valence-electron chi connectivity index (χ0n) is 8.85. The van der Waals surface area contributed by atoms with E-state index < -0.39 is 10.9 Å². The Kier molecular flexibility index (Phi) is 3.69. The van der Waals surface area contributed by atoms with Crippen LogP contribution in [0.25, 0.3) is 10.8 Å². The van der Waals surface area contributed by atoms with E-state index in [1.807, 2.05) is 0 Å². The highest BCUT2D eigenvalue weighted by molar-refractivity contribution is 6.61. The average molecular weight is 285 g/mol. The molecule has 0 radical (unpaired) electrons. The Labute approximate surface area is 112 Å².